The van der Waals surface area contributed by atoms with Crippen molar-refractivity contribution in [2.75, 3.05) is 11.4 Å². The van der Waals surface area contributed by atoms with Crippen molar-refractivity contribution in [1.82, 2.24) is 19.7 Å². The summed E-state index contributed by atoms with van der Waals surface area (Å²) in [5.41, 5.74) is 0.691. The van der Waals surface area contributed by atoms with Crippen LogP contribution >= 0.6 is 0 Å². The molecule has 96 valence electrons. The second-order valence-electron chi connectivity index (χ2n) is 4.32. The molecule has 0 bridgehead atoms. The van der Waals surface area contributed by atoms with Crippen LogP contribution in [0, 0.1) is 0 Å². The Morgan fingerprint density at radius 1 is 1.50 bits per heavy atom. The summed E-state index contributed by atoms with van der Waals surface area (Å²) in [6.45, 7) is 3.75. The Morgan fingerprint density at radius 2 is 2.22 bits per heavy atom. The van der Waals surface area contributed by atoms with Crippen LogP contribution in [0.15, 0.2) is 12.5 Å². The zero-order valence-electron chi connectivity index (χ0n) is 10.5. The molecule has 0 aliphatic heterocycles. The third-order valence-electron chi connectivity index (χ3n) is 2.71. The van der Waals surface area contributed by atoms with E-state index in [0.717, 1.165) is 5.39 Å². The lowest BCUT2D eigenvalue weighted by molar-refractivity contribution is -0.135. The number of nitrogens with zero attached hydrogens (tertiary/aromatic N) is 5. The number of carboxylic acid groups (broad SMARTS) is 1. The van der Waals surface area contributed by atoms with Gasteiger partial charge in [-0.3, -0.25) is 9.48 Å². The molecule has 0 saturated heterocycles. The van der Waals surface area contributed by atoms with E-state index in [4.69, 9.17) is 5.11 Å². The van der Waals surface area contributed by atoms with Crippen molar-refractivity contribution in [3.05, 3.63) is 12.5 Å². The molecule has 0 unspecified atom stereocenters. The Balaban J connectivity index is 2.53. The van der Waals surface area contributed by atoms with Crippen molar-refractivity contribution in [2.24, 2.45) is 7.05 Å². The Hall–Kier alpha value is -2.18. The van der Waals surface area contributed by atoms with Gasteiger partial charge in [-0.25, -0.2) is 9.97 Å². The topological polar surface area (TPSA) is 84.1 Å². The molecule has 0 saturated carbocycles. The largest absolute Gasteiger partial charge is 0.480 e. The second kappa shape index (κ2) is 4.59. The molecule has 0 aromatic carbocycles. The average Bonchev–Trinajstić information content (AvgIpc) is 2.68. The summed E-state index contributed by atoms with van der Waals surface area (Å²) in [5.74, 6) is -0.287. The molecule has 0 radical (unpaired) electrons. The van der Waals surface area contributed by atoms with Gasteiger partial charge in [0.05, 0.1) is 11.6 Å². The third-order valence-corrected chi connectivity index (χ3v) is 2.71. The minimum Gasteiger partial charge on any atom is -0.480 e. The zero-order chi connectivity index (χ0) is 13.3. The number of aliphatic carboxylic acids is 1. The number of carboxylic acids is 1. The Morgan fingerprint density at radius 3 is 2.83 bits per heavy atom. The Kier molecular flexibility index (Phi) is 3.14. The van der Waals surface area contributed by atoms with E-state index in [2.05, 4.69) is 15.1 Å². The van der Waals surface area contributed by atoms with E-state index in [1.807, 2.05) is 13.8 Å². The minimum atomic E-state index is -0.889. The lowest BCUT2D eigenvalue weighted by atomic mass is 10.2. The zero-order valence-corrected chi connectivity index (χ0v) is 10.5. The van der Waals surface area contributed by atoms with Crippen LogP contribution in [0.1, 0.15) is 13.8 Å². The first-order valence-electron chi connectivity index (χ1n) is 5.62. The minimum absolute atomic E-state index is 0.0272. The summed E-state index contributed by atoms with van der Waals surface area (Å²) in [4.78, 5) is 21.0. The second-order valence-corrected chi connectivity index (χ2v) is 4.32. The van der Waals surface area contributed by atoms with E-state index in [0.29, 0.717) is 11.5 Å². The maximum atomic E-state index is 10.9. The molecule has 2 aromatic rings. The first kappa shape index (κ1) is 12.3. The number of carbonyl (C=O) groups is 1. The van der Waals surface area contributed by atoms with Gasteiger partial charge in [0.1, 0.15) is 18.7 Å². The fraction of sp³-hybridized carbons (Fsp3) is 0.455. The van der Waals surface area contributed by atoms with Crippen molar-refractivity contribution in [3.63, 3.8) is 0 Å². The first-order valence-corrected chi connectivity index (χ1v) is 5.62. The summed E-state index contributed by atoms with van der Waals surface area (Å²) < 4.78 is 1.64. The number of fused-ring (bicyclic) bond motifs is 1. The molecule has 0 atom stereocenters. The predicted octanol–water partition coefficient (Wildman–Crippen LogP) is 0.663. The van der Waals surface area contributed by atoms with Crippen molar-refractivity contribution < 1.29 is 9.90 Å². The Bertz CT molecular complexity index is 578. The van der Waals surface area contributed by atoms with Crippen LogP contribution in [0.2, 0.25) is 0 Å². The van der Waals surface area contributed by atoms with Crippen LogP contribution in [0.5, 0.6) is 0 Å². The van der Waals surface area contributed by atoms with Gasteiger partial charge in [-0.1, -0.05) is 0 Å². The van der Waals surface area contributed by atoms with Crippen molar-refractivity contribution >= 4 is 22.8 Å². The highest BCUT2D eigenvalue weighted by molar-refractivity contribution is 5.88. The van der Waals surface area contributed by atoms with Crippen molar-refractivity contribution in [2.45, 2.75) is 19.9 Å². The van der Waals surface area contributed by atoms with Gasteiger partial charge in [-0.15, -0.1) is 0 Å². The normalized spacial score (nSPS) is 11.1. The number of aromatic nitrogens is 4. The monoisotopic (exact) mass is 249 g/mol. The van der Waals surface area contributed by atoms with E-state index in [1.54, 1.807) is 22.8 Å². The van der Waals surface area contributed by atoms with Gasteiger partial charge in [0, 0.05) is 13.1 Å². The summed E-state index contributed by atoms with van der Waals surface area (Å²) in [5, 5.41) is 13.8. The Labute approximate surface area is 104 Å². The first-order chi connectivity index (χ1) is 8.50. The molecule has 2 rings (SSSR count). The molecular formula is C11H15N5O2. The van der Waals surface area contributed by atoms with E-state index < -0.39 is 5.97 Å². The van der Waals surface area contributed by atoms with Gasteiger partial charge in [0.2, 0.25) is 0 Å². The van der Waals surface area contributed by atoms with Crippen LogP contribution in [0.25, 0.3) is 11.0 Å². The van der Waals surface area contributed by atoms with Crippen LogP contribution in [-0.2, 0) is 11.8 Å². The molecule has 2 heterocycles. The van der Waals surface area contributed by atoms with Gasteiger partial charge in [0.15, 0.2) is 5.65 Å². The highest BCUT2D eigenvalue weighted by Gasteiger charge is 2.19. The number of aryl methyl sites for hydroxylation is 1. The molecule has 0 aliphatic carbocycles. The standard InChI is InChI=1S/C11H15N5O2/c1-7(2)16(5-9(17)18)11-8-4-14-15(3)10(8)12-6-13-11/h4,6-7H,5H2,1-3H3,(H,17,18). The van der Waals surface area contributed by atoms with E-state index >= 15 is 0 Å². The number of hydrogen-bond donors (Lipinski definition) is 1. The van der Waals surface area contributed by atoms with E-state index in [-0.39, 0.29) is 12.6 Å². The smallest absolute Gasteiger partial charge is 0.323 e. The summed E-state index contributed by atoms with van der Waals surface area (Å²) in [6, 6.07) is 0.0272. The quantitative estimate of drug-likeness (QED) is 0.857. The fourth-order valence-electron chi connectivity index (χ4n) is 1.83. The van der Waals surface area contributed by atoms with E-state index in [9.17, 15) is 4.79 Å². The number of anilines is 1. The van der Waals surface area contributed by atoms with Gasteiger partial charge in [-0.2, -0.15) is 5.10 Å². The molecule has 0 amide bonds. The van der Waals surface area contributed by atoms with Gasteiger partial charge in [0.25, 0.3) is 0 Å². The SMILES string of the molecule is CC(C)N(CC(=O)O)c1ncnc2c1cnn2C. The maximum absolute atomic E-state index is 10.9. The van der Waals surface area contributed by atoms with Gasteiger partial charge >= 0.3 is 5.97 Å². The molecule has 2 aromatic heterocycles. The highest BCUT2D eigenvalue weighted by Crippen LogP contribution is 2.23. The summed E-state index contributed by atoms with van der Waals surface area (Å²) in [7, 11) is 1.79. The van der Waals surface area contributed by atoms with Crippen molar-refractivity contribution in [3.8, 4) is 0 Å². The third kappa shape index (κ3) is 2.11. The summed E-state index contributed by atoms with van der Waals surface area (Å²) >= 11 is 0. The summed E-state index contributed by atoms with van der Waals surface area (Å²) in [6.07, 6.45) is 3.08. The number of rotatable bonds is 4. The van der Waals surface area contributed by atoms with Crippen LogP contribution in [0.3, 0.4) is 0 Å². The van der Waals surface area contributed by atoms with Crippen LogP contribution < -0.4 is 4.90 Å². The lowest BCUT2D eigenvalue weighted by Gasteiger charge is -2.26. The average molecular weight is 249 g/mol. The lowest BCUT2D eigenvalue weighted by Crippen LogP contribution is -2.36. The molecule has 0 aliphatic rings. The molecule has 18 heavy (non-hydrogen) atoms. The molecule has 7 nitrogen and oxygen atoms in total. The fourth-order valence-corrected chi connectivity index (χ4v) is 1.83. The van der Waals surface area contributed by atoms with Crippen LogP contribution in [-0.4, -0.2) is 43.4 Å². The van der Waals surface area contributed by atoms with E-state index in [1.165, 1.54) is 6.33 Å². The molecule has 7 heteroatoms. The van der Waals surface area contributed by atoms with Crippen molar-refractivity contribution in [1.29, 1.82) is 0 Å². The molecule has 0 fully saturated rings. The maximum Gasteiger partial charge on any atom is 0.323 e. The predicted molar refractivity (Wildman–Crippen MR) is 66.4 cm³/mol. The molecular weight excluding hydrogens is 234 g/mol. The van der Waals surface area contributed by atoms with Crippen LogP contribution in [0.4, 0.5) is 5.82 Å². The van der Waals surface area contributed by atoms with Gasteiger partial charge < -0.3 is 10.0 Å². The number of hydrogen-bond acceptors (Lipinski definition) is 5. The highest BCUT2D eigenvalue weighted by atomic mass is 16.4. The molecule has 1 N–H and O–H groups in total. The van der Waals surface area contributed by atoms with Gasteiger partial charge in [-0.05, 0) is 13.8 Å². The molecule has 0 spiro atoms.